The highest BCUT2D eigenvalue weighted by Crippen LogP contribution is 2.29. The molecule has 1 fully saturated rings. The number of morpholine rings is 1. The van der Waals surface area contributed by atoms with Gasteiger partial charge in [0, 0.05) is 25.7 Å². The lowest BCUT2D eigenvalue weighted by Crippen LogP contribution is -2.36. The molecule has 2 heterocycles. The summed E-state index contributed by atoms with van der Waals surface area (Å²) in [5.41, 5.74) is 3.41. The van der Waals surface area contributed by atoms with Gasteiger partial charge < -0.3 is 20.3 Å². The van der Waals surface area contributed by atoms with Gasteiger partial charge in [-0.2, -0.15) is 0 Å². The number of hydrogen-bond acceptors (Lipinski definition) is 6. The van der Waals surface area contributed by atoms with Crippen molar-refractivity contribution in [3.8, 4) is 0 Å². The molecule has 4 rings (SSSR count). The van der Waals surface area contributed by atoms with Gasteiger partial charge in [0.1, 0.15) is 18.0 Å². The molecule has 0 amide bonds. The number of nitrogens with one attached hydrogen (secondary N) is 2. The third-order valence-electron chi connectivity index (χ3n) is 4.50. The number of ether oxygens (including phenoxy) is 1. The van der Waals surface area contributed by atoms with E-state index in [0.29, 0.717) is 0 Å². The van der Waals surface area contributed by atoms with Crippen LogP contribution < -0.4 is 15.5 Å². The van der Waals surface area contributed by atoms with Crippen LogP contribution in [0.4, 0.5) is 23.0 Å². The van der Waals surface area contributed by atoms with Crippen molar-refractivity contribution in [2.75, 3.05) is 41.8 Å². The zero-order valence-corrected chi connectivity index (χ0v) is 15.1. The Morgan fingerprint density at radius 3 is 2.48 bits per heavy atom. The zero-order valence-electron chi connectivity index (χ0n) is 15.1. The standard InChI is InChI=1S/C21H23N5O/c1-2-6-17(7-3-1)15-22-20-14-21(24-16-23-20)25-18-8-4-5-9-19(18)26-10-12-27-13-11-26/h1-9,14,16H,10-13,15H2,(H2,22,23,24,25). The Bertz CT molecular complexity index is 865. The maximum absolute atomic E-state index is 5.47. The van der Waals surface area contributed by atoms with E-state index in [9.17, 15) is 0 Å². The van der Waals surface area contributed by atoms with Gasteiger partial charge in [0.15, 0.2) is 0 Å². The fourth-order valence-corrected chi connectivity index (χ4v) is 3.11. The first-order chi connectivity index (χ1) is 13.4. The molecule has 0 bridgehead atoms. The molecule has 0 aliphatic carbocycles. The SMILES string of the molecule is c1ccc(CNc2cc(Nc3ccccc3N3CCOCC3)ncn2)cc1. The average molecular weight is 361 g/mol. The monoisotopic (exact) mass is 361 g/mol. The van der Waals surface area contributed by atoms with Gasteiger partial charge in [-0.1, -0.05) is 42.5 Å². The van der Waals surface area contributed by atoms with E-state index in [2.05, 4.69) is 55.8 Å². The minimum Gasteiger partial charge on any atom is -0.378 e. The smallest absolute Gasteiger partial charge is 0.135 e. The summed E-state index contributed by atoms with van der Waals surface area (Å²) in [5.74, 6) is 1.56. The van der Waals surface area contributed by atoms with Crippen molar-refractivity contribution in [2.45, 2.75) is 6.54 Å². The van der Waals surface area contributed by atoms with Crippen molar-refractivity contribution in [3.63, 3.8) is 0 Å². The minimum atomic E-state index is 0.724. The molecule has 2 N–H and O–H groups in total. The van der Waals surface area contributed by atoms with E-state index in [1.807, 2.05) is 30.3 Å². The quantitative estimate of drug-likeness (QED) is 0.699. The largest absolute Gasteiger partial charge is 0.378 e. The highest BCUT2D eigenvalue weighted by atomic mass is 16.5. The highest BCUT2D eigenvalue weighted by Gasteiger charge is 2.14. The second kappa shape index (κ2) is 8.51. The van der Waals surface area contributed by atoms with Gasteiger partial charge in [0.25, 0.3) is 0 Å². The number of hydrogen-bond donors (Lipinski definition) is 2. The molecule has 2 aromatic carbocycles. The molecule has 27 heavy (non-hydrogen) atoms. The van der Waals surface area contributed by atoms with Gasteiger partial charge in [0.2, 0.25) is 0 Å². The van der Waals surface area contributed by atoms with E-state index < -0.39 is 0 Å². The lowest BCUT2D eigenvalue weighted by Gasteiger charge is -2.30. The first-order valence-electron chi connectivity index (χ1n) is 9.17. The maximum Gasteiger partial charge on any atom is 0.135 e. The lowest BCUT2D eigenvalue weighted by atomic mass is 10.2. The Labute approximate surface area is 159 Å². The van der Waals surface area contributed by atoms with E-state index in [4.69, 9.17) is 4.74 Å². The molecule has 0 unspecified atom stereocenters. The normalized spacial score (nSPS) is 14.0. The van der Waals surface area contributed by atoms with Crippen LogP contribution in [0, 0.1) is 0 Å². The van der Waals surface area contributed by atoms with Crippen LogP contribution in [-0.4, -0.2) is 36.3 Å². The number of rotatable bonds is 6. The molecule has 0 radical (unpaired) electrons. The minimum absolute atomic E-state index is 0.724. The topological polar surface area (TPSA) is 62.3 Å². The predicted molar refractivity (Wildman–Crippen MR) is 109 cm³/mol. The van der Waals surface area contributed by atoms with Crippen molar-refractivity contribution in [2.24, 2.45) is 0 Å². The number of aromatic nitrogens is 2. The van der Waals surface area contributed by atoms with Gasteiger partial charge in [0.05, 0.1) is 24.6 Å². The highest BCUT2D eigenvalue weighted by molar-refractivity contribution is 5.74. The Morgan fingerprint density at radius 2 is 1.63 bits per heavy atom. The summed E-state index contributed by atoms with van der Waals surface area (Å²) in [6.07, 6.45) is 1.58. The van der Waals surface area contributed by atoms with Gasteiger partial charge in [-0.25, -0.2) is 9.97 Å². The summed E-state index contributed by atoms with van der Waals surface area (Å²) in [4.78, 5) is 11.0. The molecular formula is C21H23N5O. The van der Waals surface area contributed by atoms with Crippen LogP contribution in [0.5, 0.6) is 0 Å². The van der Waals surface area contributed by atoms with Crippen LogP contribution in [0.15, 0.2) is 67.0 Å². The van der Waals surface area contributed by atoms with Gasteiger partial charge in [-0.15, -0.1) is 0 Å². The first-order valence-corrected chi connectivity index (χ1v) is 9.17. The number of para-hydroxylation sites is 2. The zero-order chi connectivity index (χ0) is 18.3. The molecule has 0 saturated carbocycles. The van der Waals surface area contributed by atoms with E-state index in [1.165, 1.54) is 11.3 Å². The van der Waals surface area contributed by atoms with E-state index in [0.717, 1.165) is 50.2 Å². The van der Waals surface area contributed by atoms with Gasteiger partial charge in [-0.3, -0.25) is 0 Å². The Hall–Kier alpha value is -3.12. The first kappa shape index (κ1) is 17.3. The average Bonchev–Trinajstić information content (AvgIpc) is 2.74. The molecule has 1 aromatic heterocycles. The van der Waals surface area contributed by atoms with Crippen LogP contribution in [0.25, 0.3) is 0 Å². The third-order valence-corrected chi connectivity index (χ3v) is 4.50. The lowest BCUT2D eigenvalue weighted by molar-refractivity contribution is 0.123. The van der Waals surface area contributed by atoms with Crippen molar-refractivity contribution < 1.29 is 4.74 Å². The number of benzene rings is 2. The molecule has 6 nitrogen and oxygen atoms in total. The molecule has 1 saturated heterocycles. The van der Waals surface area contributed by atoms with E-state index in [1.54, 1.807) is 6.33 Å². The van der Waals surface area contributed by atoms with Crippen LogP contribution in [-0.2, 0) is 11.3 Å². The van der Waals surface area contributed by atoms with Gasteiger partial charge >= 0.3 is 0 Å². The molecule has 0 atom stereocenters. The summed E-state index contributed by atoms with van der Waals surface area (Å²) in [6.45, 7) is 4.03. The summed E-state index contributed by atoms with van der Waals surface area (Å²) < 4.78 is 5.47. The fraction of sp³-hybridized carbons (Fsp3) is 0.238. The van der Waals surface area contributed by atoms with Crippen LogP contribution in [0.1, 0.15) is 5.56 Å². The summed E-state index contributed by atoms with van der Waals surface area (Å²) in [7, 11) is 0. The molecular weight excluding hydrogens is 338 g/mol. The molecule has 138 valence electrons. The summed E-state index contributed by atoms with van der Waals surface area (Å²) in [6, 6.07) is 20.5. The Morgan fingerprint density at radius 1 is 0.889 bits per heavy atom. The predicted octanol–water partition coefficient (Wildman–Crippen LogP) is 3.67. The van der Waals surface area contributed by atoms with Gasteiger partial charge in [-0.05, 0) is 17.7 Å². The van der Waals surface area contributed by atoms with Crippen molar-refractivity contribution >= 4 is 23.0 Å². The van der Waals surface area contributed by atoms with Crippen LogP contribution >= 0.6 is 0 Å². The van der Waals surface area contributed by atoms with E-state index >= 15 is 0 Å². The molecule has 6 heteroatoms. The molecule has 3 aromatic rings. The van der Waals surface area contributed by atoms with Crippen molar-refractivity contribution in [3.05, 3.63) is 72.6 Å². The maximum atomic E-state index is 5.47. The Balaban J connectivity index is 1.47. The Kier molecular flexibility index (Phi) is 5.45. The summed E-state index contributed by atoms with van der Waals surface area (Å²) >= 11 is 0. The number of anilines is 4. The molecule has 0 spiro atoms. The fourth-order valence-electron chi connectivity index (χ4n) is 3.11. The molecule has 1 aliphatic rings. The van der Waals surface area contributed by atoms with E-state index in [-0.39, 0.29) is 0 Å². The molecule has 1 aliphatic heterocycles. The van der Waals surface area contributed by atoms with Crippen LogP contribution in [0.3, 0.4) is 0 Å². The second-order valence-corrected chi connectivity index (χ2v) is 6.37. The number of nitrogens with zero attached hydrogens (tertiary/aromatic N) is 3. The van der Waals surface area contributed by atoms with Crippen molar-refractivity contribution in [1.82, 2.24) is 9.97 Å². The third kappa shape index (κ3) is 4.54. The van der Waals surface area contributed by atoms with Crippen molar-refractivity contribution in [1.29, 1.82) is 0 Å². The summed E-state index contributed by atoms with van der Waals surface area (Å²) in [5, 5.41) is 6.78. The second-order valence-electron chi connectivity index (χ2n) is 6.37. The van der Waals surface area contributed by atoms with Crippen LogP contribution in [0.2, 0.25) is 0 Å².